The summed E-state index contributed by atoms with van der Waals surface area (Å²) in [6, 6.07) is 0. The molecule has 0 aliphatic heterocycles. The van der Waals surface area contributed by atoms with Crippen molar-refractivity contribution in [3.63, 3.8) is 0 Å². The molecule has 0 atom stereocenters. The quantitative estimate of drug-likeness (QED) is 0.808. The van der Waals surface area contributed by atoms with Gasteiger partial charge in [0.05, 0.1) is 5.41 Å². The Hall–Kier alpha value is -1.17. The molecule has 0 amide bonds. The molecule has 0 radical (unpaired) electrons. The molecule has 0 saturated heterocycles. The second-order valence-electron chi connectivity index (χ2n) is 4.60. The first-order chi connectivity index (χ1) is 8.23. The Morgan fingerprint density at radius 2 is 2.12 bits per heavy atom. The number of carbonyl (C=O) groups is 1. The van der Waals surface area contributed by atoms with Gasteiger partial charge in [0.1, 0.15) is 5.51 Å². The van der Waals surface area contributed by atoms with Crippen LogP contribution in [0.5, 0.6) is 0 Å². The van der Waals surface area contributed by atoms with Crippen molar-refractivity contribution in [1.29, 1.82) is 0 Å². The smallest absolute Gasteiger partial charge is 0.311 e. The summed E-state index contributed by atoms with van der Waals surface area (Å²) in [5, 5.41) is 20.9. The van der Waals surface area contributed by atoms with E-state index in [0.29, 0.717) is 11.7 Å². The summed E-state index contributed by atoms with van der Waals surface area (Å²) < 4.78 is 0. The predicted molar refractivity (Wildman–Crippen MR) is 66.2 cm³/mol. The fraction of sp³-hybridized carbons (Fsp3) is 0.727. The topological polar surface area (TPSA) is 75.1 Å². The van der Waals surface area contributed by atoms with Gasteiger partial charge in [0.15, 0.2) is 0 Å². The number of aromatic nitrogens is 2. The Bertz CT molecular complexity index is 359. The van der Waals surface area contributed by atoms with Crippen molar-refractivity contribution >= 4 is 22.4 Å². The van der Waals surface area contributed by atoms with Crippen molar-refractivity contribution in [2.75, 3.05) is 11.9 Å². The molecule has 0 bridgehead atoms. The van der Waals surface area contributed by atoms with E-state index in [4.69, 9.17) is 0 Å². The molecule has 2 rings (SSSR count). The number of hydrogen-bond donors (Lipinski definition) is 2. The van der Waals surface area contributed by atoms with E-state index in [9.17, 15) is 9.90 Å². The zero-order chi connectivity index (χ0) is 12.1. The molecule has 1 aliphatic rings. The van der Waals surface area contributed by atoms with Crippen LogP contribution in [0.4, 0.5) is 5.13 Å². The summed E-state index contributed by atoms with van der Waals surface area (Å²) in [7, 11) is 0. The molecule has 1 saturated carbocycles. The Balaban J connectivity index is 2.02. The first-order valence-corrected chi connectivity index (χ1v) is 6.84. The highest BCUT2D eigenvalue weighted by Gasteiger charge is 2.38. The maximum absolute atomic E-state index is 11.5. The van der Waals surface area contributed by atoms with E-state index < -0.39 is 11.4 Å². The summed E-state index contributed by atoms with van der Waals surface area (Å²) in [5.41, 5.74) is 1.02. The average Bonchev–Trinajstić information content (AvgIpc) is 2.71. The predicted octanol–water partition coefficient (Wildman–Crippen LogP) is 2.38. The molecule has 2 N–H and O–H groups in total. The van der Waals surface area contributed by atoms with Gasteiger partial charge < -0.3 is 10.4 Å². The normalized spacial score (nSPS) is 19.5. The maximum Gasteiger partial charge on any atom is 0.311 e. The highest BCUT2D eigenvalue weighted by molar-refractivity contribution is 7.13. The Morgan fingerprint density at radius 1 is 1.41 bits per heavy atom. The van der Waals surface area contributed by atoms with Crippen LogP contribution in [0, 0.1) is 5.41 Å². The van der Waals surface area contributed by atoms with Crippen molar-refractivity contribution < 1.29 is 9.90 Å². The molecule has 0 spiro atoms. The number of nitrogens with one attached hydrogen (secondary N) is 1. The largest absolute Gasteiger partial charge is 0.481 e. The summed E-state index contributed by atoms with van der Waals surface area (Å²) in [5.74, 6) is -0.684. The van der Waals surface area contributed by atoms with Gasteiger partial charge in [0.2, 0.25) is 5.13 Å². The van der Waals surface area contributed by atoms with Gasteiger partial charge in [-0.2, -0.15) is 0 Å². The third-order valence-electron chi connectivity index (χ3n) is 3.45. The van der Waals surface area contributed by atoms with Gasteiger partial charge in [-0.15, -0.1) is 10.2 Å². The molecular formula is C11H17N3O2S. The lowest BCUT2D eigenvalue weighted by atomic mass is 9.80. The zero-order valence-electron chi connectivity index (χ0n) is 9.69. The lowest BCUT2D eigenvalue weighted by Crippen LogP contribution is -2.37. The van der Waals surface area contributed by atoms with Crippen LogP contribution in [0.25, 0.3) is 0 Å². The molecule has 5 nitrogen and oxygen atoms in total. The number of carboxylic acids is 1. The van der Waals surface area contributed by atoms with E-state index in [-0.39, 0.29) is 0 Å². The number of rotatable bonds is 4. The number of carboxylic acid groups (broad SMARTS) is 1. The molecule has 94 valence electrons. The van der Waals surface area contributed by atoms with E-state index in [0.717, 1.165) is 38.5 Å². The number of nitrogens with zero attached hydrogens (tertiary/aromatic N) is 2. The van der Waals surface area contributed by atoms with Gasteiger partial charge in [-0.1, -0.05) is 37.0 Å². The van der Waals surface area contributed by atoms with Crippen LogP contribution in [0.2, 0.25) is 0 Å². The first-order valence-electron chi connectivity index (χ1n) is 5.96. The van der Waals surface area contributed by atoms with Gasteiger partial charge in [0, 0.05) is 6.54 Å². The molecule has 1 heterocycles. The molecule has 1 fully saturated rings. The average molecular weight is 255 g/mol. The fourth-order valence-electron chi connectivity index (χ4n) is 2.37. The molecular weight excluding hydrogens is 238 g/mol. The van der Waals surface area contributed by atoms with Crippen LogP contribution in [0.3, 0.4) is 0 Å². The SMILES string of the molecule is O=C(O)C1(CNc2nncs2)CCCCCC1. The summed E-state index contributed by atoms with van der Waals surface area (Å²) in [6.45, 7) is 0.456. The lowest BCUT2D eigenvalue weighted by Gasteiger charge is -2.27. The third-order valence-corrected chi connectivity index (χ3v) is 4.10. The van der Waals surface area contributed by atoms with Crippen LogP contribution in [0.1, 0.15) is 38.5 Å². The number of aliphatic carboxylic acids is 1. The monoisotopic (exact) mass is 255 g/mol. The molecule has 0 aromatic carbocycles. The van der Waals surface area contributed by atoms with E-state index in [2.05, 4.69) is 15.5 Å². The van der Waals surface area contributed by atoms with Gasteiger partial charge in [0.25, 0.3) is 0 Å². The first kappa shape index (κ1) is 12.3. The fourth-order valence-corrected chi connectivity index (χ4v) is 2.81. The molecule has 6 heteroatoms. The van der Waals surface area contributed by atoms with Gasteiger partial charge in [-0.05, 0) is 12.8 Å². The number of anilines is 1. The van der Waals surface area contributed by atoms with Crippen molar-refractivity contribution in [3.8, 4) is 0 Å². The van der Waals surface area contributed by atoms with Crippen LogP contribution < -0.4 is 5.32 Å². The summed E-state index contributed by atoms with van der Waals surface area (Å²) in [4.78, 5) is 11.5. The Morgan fingerprint density at radius 3 is 2.65 bits per heavy atom. The molecule has 1 aromatic rings. The zero-order valence-corrected chi connectivity index (χ0v) is 10.5. The second kappa shape index (κ2) is 5.44. The van der Waals surface area contributed by atoms with Gasteiger partial charge in [-0.25, -0.2) is 0 Å². The number of hydrogen-bond acceptors (Lipinski definition) is 5. The Labute approximate surface area is 104 Å². The Kier molecular flexibility index (Phi) is 3.93. The molecule has 1 aliphatic carbocycles. The van der Waals surface area contributed by atoms with Crippen molar-refractivity contribution in [2.45, 2.75) is 38.5 Å². The van der Waals surface area contributed by atoms with Crippen molar-refractivity contribution in [3.05, 3.63) is 5.51 Å². The minimum Gasteiger partial charge on any atom is -0.481 e. The van der Waals surface area contributed by atoms with Crippen molar-refractivity contribution in [1.82, 2.24) is 10.2 Å². The molecule has 17 heavy (non-hydrogen) atoms. The van der Waals surface area contributed by atoms with E-state index in [1.54, 1.807) is 5.51 Å². The maximum atomic E-state index is 11.5. The minimum absolute atomic E-state index is 0.456. The van der Waals surface area contributed by atoms with Crippen LogP contribution in [-0.2, 0) is 4.79 Å². The molecule has 1 aromatic heterocycles. The summed E-state index contributed by atoms with van der Waals surface area (Å²) in [6.07, 6.45) is 5.82. The summed E-state index contributed by atoms with van der Waals surface area (Å²) >= 11 is 1.40. The lowest BCUT2D eigenvalue weighted by molar-refractivity contribution is -0.149. The van der Waals surface area contributed by atoms with Gasteiger partial charge in [-0.3, -0.25) is 4.79 Å². The minimum atomic E-state index is -0.684. The van der Waals surface area contributed by atoms with Gasteiger partial charge >= 0.3 is 5.97 Å². The van der Waals surface area contributed by atoms with Crippen LogP contribution in [-0.4, -0.2) is 27.8 Å². The standard InChI is InChI=1S/C11H17N3O2S/c15-9(16)11(5-3-1-2-4-6-11)7-12-10-14-13-8-17-10/h8H,1-7H2,(H,12,14)(H,15,16). The highest BCUT2D eigenvalue weighted by Crippen LogP contribution is 2.35. The van der Waals surface area contributed by atoms with E-state index in [1.165, 1.54) is 11.3 Å². The van der Waals surface area contributed by atoms with E-state index in [1.807, 2.05) is 0 Å². The highest BCUT2D eigenvalue weighted by atomic mass is 32.1. The van der Waals surface area contributed by atoms with Crippen molar-refractivity contribution in [2.24, 2.45) is 5.41 Å². The second-order valence-corrected chi connectivity index (χ2v) is 5.43. The molecule has 0 unspecified atom stereocenters. The third kappa shape index (κ3) is 2.94. The van der Waals surface area contributed by atoms with Crippen LogP contribution >= 0.6 is 11.3 Å². The van der Waals surface area contributed by atoms with E-state index >= 15 is 0 Å². The van der Waals surface area contributed by atoms with Crippen LogP contribution in [0.15, 0.2) is 5.51 Å².